The maximum atomic E-state index is 10.6. The van der Waals surface area contributed by atoms with Crippen LogP contribution >= 0.6 is 0 Å². The van der Waals surface area contributed by atoms with Gasteiger partial charge in [-0.2, -0.15) is 0 Å². The van der Waals surface area contributed by atoms with Gasteiger partial charge in [-0.15, -0.1) is 0 Å². The molecule has 0 saturated heterocycles. The second-order valence-corrected chi connectivity index (χ2v) is 5.44. The van der Waals surface area contributed by atoms with Crippen molar-refractivity contribution >= 4 is 11.1 Å². The van der Waals surface area contributed by atoms with Crippen LogP contribution in [0.15, 0.2) is 22.6 Å². The minimum atomic E-state index is -1.78. The molecule has 0 aliphatic heterocycles. The van der Waals surface area contributed by atoms with Gasteiger partial charge in [-0.25, -0.2) is 4.21 Å². The SMILES string of the molecule is CC.CC(C)(C)N.CCC1=CCC=C1S(=O)O.[HH]. The number of allylic oxidation sites excluding steroid dienone is 3. The molecule has 3 N–H and O–H groups in total. The third-order valence-electron chi connectivity index (χ3n) is 1.55. The highest BCUT2D eigenvalue weighted by molar-refractivity contribution is 7.83. The molecule has 0 saturated carbocycles. The average molecular weight is 263 g/mol. The molecular weight excluding hydrogens is 234 g/mol. The van der Waals surface area contributed by atoms with Crippen molar-refractivity contribution < 1.29 is 10.2 Å². The standard InChI is InChI=1S/C7H10O2S.C4H11N.C2H6.H2/c1-2-6-4-3-5-7(6)10(8)9;1-4(2,3)5;1-2;/h4-5H,2-3H2,1H3,(H,8,9);5H2,1-3H3;1-2H3;1H. The number of rotatable bonds is 2. The van der Waals surface area contributed by atoms with Crippen LogP contribution in [0.4, 0.5) is 0 Å². The van der Waals surface area contributed by atoms with Gasteiger partial charge in [0, 0.05) is 6.97 Å². The fourth-order valence-electron chi connectivity index (χ4n) is 1.04. The van der Waals surface area contributed by atoms with Crippen LogP contribution < -0.4 is 5.73 Å². The normalized spacial score (nSPS) is 15.8. The Morgan fingerprint density at radius 3 is 2.06 bits per heavy atom. The summed E-state index contributed by atoms with van der Waals surface area (Å²) in [6, 6.07) is 0. The van der Waals surface area contributed by atoms with E-state index in [0.29, 0.717) is 4.91 Å². The van der Waals surface area contributed by atoms with E-state index in [1.54, 1.807) is 6.08 Å². The van der Waals surface area contributed by atoms with Gasteiger partial charge >= 0.3 is 0 Å². The van der Waals surface area contributed by atoms with Crippen LogP contribution in [0.5, 0.6) is 0 Å². The first-order chi connectivity index (χ1) is 7.75. The molecule has 3 nitrogen and oxygen atoms in total. The lowest BCUT2D eigenvalue weighted by atomic mass is 10.1. The van der Waals surface area contributed by atoms with E-state index in [1.165, 1.54) is 0 Å². The van der Waals surface area contributed by atoms with Crippen molar-refractivity contribution in [2.24, 2.45) is 5.73 Å². The van der Waals surface area contributed by atoms with E-state index in [2.05, 4.69) is 0 Å². The lowest BCUT2D eigenvalue weighted by Crippen LogP contribution is -2.26. The maximum Gasteiger partial charge on any atom is 0.186 e. The predicted molar refractivity (Wildman–Crippen MR) is 79.2 cm³/mol. The molecule has 0 aromatic rings. The van der Waals surface area contributed by atoms with Crippen LogP contribution in [0.25, 0.3) is 0 Å². The molecule has 17 heavy (non-hydrogen) atoms. The van der Waals surface area contributed by atoms with Gasteiger partial charge in [0.2, 0.25) is 0 Å². The summed E-state index contributed by atoms with van der Waals surface area (Å²) in [5.41, 5.74) is 6.37. The highest BCUT2D eigenvalue weighted by Gasteiger charge is 2.12. The van der Waals surface area contributed by atoms with E-state index in [-0.39, 0.29) is 6.97 Å². The Morgan fingerprint density at radius 2 is 1.82 bits per heavy atom. The van der Waals surface area contributed by atoms with Crippen molar-refractivity contribution in [2.45, 2.75) is 59.9 Å². The van der Waals surface area contributed by atoms with E-state index in [0.717, 1.165) is 18.4 Å². The third-order valence-corrected chi connectivity index (χ3v) is 2.36. The molecule has 0 fully saturated rings. The minimum Gasteiger partial charge on any atom is -0.326 e. The van der Waals surface area contributed by atoms with Crippen LogP contribution in [0, 0.1) is 0 Å². The highest BCUT2D eigenvalue weighted by atomic mass is 32.2. The molecule has 1 aliphatic rings. The Morgan fingerprint density at radius 1 is 1.41 bits per heavy atom. The van der Waals surface area contributed by atoms with E-state index in [9.17, 15) is 4.21 Å². The van der Waals surface area contributed by atoms with Gasteiger partial charge in [0.25, 0.3) is 0 Å². The van der Waals surface area contributed by atoms with Crippen LogP contribution in [0.1, 0.15) is 55.8 Å². The van der Waals surface area contributed by atoms with Crippen LogP contribution in [-0.4, -0.2) is 14.3 Å². The Labute approximate surface area is 110 Å². The lowest BCUT2D eigenvalue weighted by molar-refractivity contribution is 0.571. The Kier molecular flexibility index (Phi) is 10.6. The maximum absolute atomic E-state index is 10.6. The molecule has 104 valence electrons. The zero-order valence-corrected chi connectivity index (χ0v) is 12.7. The van der Waals surface area contributed by atoms with Crippen molar-refractivity contribution in [1.82, 2.24) is 0 Å². The molecule has 1 aliphatic carbocycles. The second kappa shape index (κ2) is 9.57. The monoisotopic (exact) mass is 263 g/mol. The quantitative estimate of drug-likeness (QED) is 0.744. The molecule has 4 heteroatoms. The fourth-order valence-corrected chi connectivity index (χ4v) is 1.73. The van der Waals surface area contributed by atoms with Crippen LogP contribution in [-0.2, 0) is 11.1 Å². The number of nitrogens with two attached hydrogens (primary N) is 1. The fraction of sp³-hybridized carbons (Fsp3) is 0.692. The second-order valence-electron chi connectivity index (χ2n) is 4.50. The molecule has 0 bridgehead atoms. The Bertz CT molecular complexity index is 288. The summed E-state index contributed by atoms with van der Waals surface area (Å²) in [6.45, 7) is 11.9. The minimum absolute atomic E-state index is 0. The molecule has 1 unspecified atom stereocenters. The summed E-state index contributed by atoms with van der Waals surface area (Å²) in [5.74, 6) is 0. The summed E-state index contributed by atoms with van der Waals surface area (Å²) < 4.78 is 19.3. The van der Waals surface area contributed by atoms with Gasteiger partial charge in [0.1, 0.15) is 0 Å². The third kappa shape index (κ3) is 11.8. The van der Waals surface area contributed by atoms with Crippen molar-refractivity contribution in [3.63, 3.8) is 0 Å². The van der Waals surface area contributed by atoms with Gasteiger partial charge in [-0.05, 0) is 39.2 Å². The first-order valence-corrected chi connectivity index (χ1v) is 7.15. The molecule has 1 rings (SSSR count). The number of hydrogen-bond acceptors (Lipinski definition) is 2. The molecule has 0 amide bonds. The average Bonchev–Trinajstić information content (AvgIpc) is 2.66. The van der Waals surface area contributed by atoms with E-state index >= 15 is 0 Å². The summed E-state index contributed by atoms with van der Waals surface area (Å²) >= 11 is -1.78. The van der Waals surface area contributed by atoms with Gasteiger partial charge in [-0.1, -0.05) is 32.9 Å². The van der Waals surface area contributed by atoms with Gasteiger partial charge in [0.15, 0.2) is 11.1 Å². The smallest absolute Gasteiger partial charge is 0.186 e. The van der Waals surface area contributed by atoms with Crippen LogP contribution in [0.2, 0.25) is 0 Å². The highest BCUT2D eigenvalue weighted by Crippen LogP contribution is 2.23. The summed E-state index contributed by atoms with van der Waals surface area (Å²) in [6.07, 6.45) is 5.45. The summed E-state index contributed by atoms with van der Waals surface area (Å²) in [5, 5.41) is 0. The van der Waals surface area contributed by atoms with Crippen molar-refractivity contribution in [1.29, 1.82) is 0 Å². The Balaban J connectivity index is -0.000000243. The summed E-state index contributed by atoms with van der Waals surface area (Å²) in [4.78, 5) is 0.600. The Hall–Kier alpha value is -0.450. The molecule has 0 radical (unpaired) electrons. The zero-order valence-electron chi connectivity index (χ0n) is 11.9. The van der Waals surface area contributed by atoms with Gasteiger partial charge < -0.3 is 10.3 Å². The summed E-state index contributed by atoms with van der Waals surface area (Å²) in [7, 11) is 0. The molecular formula is C13H29NO2S. The van der Waals surface area contributed by atoms with E-state index in [4.69, 9.17) is 10.3 Å². The van der Waals surface area contributed by atoms with Crippen molar-refractivity contribution in [3.05, 3.63) is 22.6 Å². The number of hydrogen-bond donors (Lipinski definition) is 2. The molecule has 0 aromatic heterocycles. The first-order valence-electron chi connectivity index (χ1n) is 6.05. The first kappa shape index (κ1) is 18.9. The predicted octanol–water partition coefficient (Wildman–Crippen LogP) is 3.85. The zero-order chi connectivity index (χ0) is 14.1. The lowest BCUT2D eigenvalue weighted by Gasteiger charge is -2.06. The van der Waals surface area contributed by atoms with E-state index in [1.807, 2.05) is 47.6 Å². The van der Waals surface area contributed by atoms with Gasteiger partial charge in [0.05, 0.1) is 4.91 Å². The molecule has 0 spiro atoms. The van der Waals surface area contributed by atoms with Gasteiger partial charge in [-0.3, -0.25) is 0 Å². The van der Waals surface area contributed by atoms with Crippen LogP contribution in [0.3, 0.4) is 0 Å². The van der Waals surface area contributed by atoms with Crippen molar-refractivity contribution in [2.75, 3.05) is 0 Å². The van der Waals surface area contributed by atoms with E-state index < -0.39 is 11.1 Å². The topological polar surface area (TPSA) is 63.3 Å². The largest absolute Gasteiger partial charge is 0.326 e. The molecule has 1 atom stereocenters. The van der Waals surface area contributed by atoms with Crippen molar-refractivity contribution in [3.8, 4) is 0 Å². The molecule has 0 heterocycles. The molecule has 0 aromatic carbocycles.